The molecule has 0 radical (unpaired) electrons. The quantitative estimate of drug-likeness (QED) is 0.789. The average molecular weight is 265 g/mol. The Bertz CT molecular complexity index is 591. The molecule has 0 amide bonds. The van der Waals surface area contributed by atoms with Gasteiger partial charge >= 0.3 is 0 Å². The summed E-state index contributed by atoms with van der Waals surface area (Å²) in [6.07, 6.45) is 6.75. The Kier molecular flexibility index (Phi) is 3.91. The number of benzene rings is 1. The van der Waals surface area contributed by atoms with E-state index in [1.165, 1.54) is 5.56 Å². The number of pyridine rings is 1. The summed E-state index contributed by atoms with van der Waals surface area (Å²) in [6.45, 7) is 0. The van der Waals surface area contributed by atoms with Crippen LogP contribution in [0.2, 0.25) is 0 Å². The molecule has 1 atom stereocenters. The van der Waals surface area contributed by atoms with Crippen molar-refractivity contribution in [2.45, 2.75) is 32.1 Å². The number of rotatable bonds is 3. The standard InChI is InChI=1S/C18H19NO/c20-18-15(11-12-16-9-3-4-13-19-16)8-5-7-14-6-1-2-10-17(14)18/h1-4,6,9-10,13,15H,5,7-8,11-12H2. The van der Waals surface area contributed by atoms with Gasteiger partial charge in [0.25, 0.3) is 0 Å². The molecule has 20 heavy (non-hydrogen) atoms. The van der Waals surface area contributed by atoms with Crippen molar-refractivity contribution in [1.29, 1.82) is 0 Å². The fourth-order valence-corrected chi connectivity index (χ4v) is 3.01. The van der Waals surface area contributed by atoms with Gasteiger partial charge in [0.2, 0.25) is 0 Å². The summed E-state index contributed by atoms with van der Waals surface area (Å²) in [4.78, 5) is 17.0. The summed E-state index contributed by atoms with van der Waals surface area (Å²) in [5, 5.41) is 0. The van der Waals surface area contributed by atoms with Gasteiger partial charge in [0.1, 0.15) is 0 Å². The molecule has 1 aromatic carbocycles. The number of fused-ring (bicyclic) bond motifs is 1. The van der Waals surface area contributed by atoms with Crippen molar-refractivity contribution in [1.82, 2.24) is 4.98 Å². The Morgan fingerprint density at radius 1 is 1.10 bits per heavy atom. The number of Topliss-reactive ketones (excluding diaryl/α,β-unsaturated/α-hetero) is 1. The van der Waals surface area contributed by atoms with Crippen molar-refractivity contribution in [3.8, 4) is 0 Å². The minimum atomic E-state index is 0.153. The molecule has 0 aliphatic heterocycles. The number of aryl methyl sites for hydroxylation is 2. The SMILES string of the molecule is O=C1c2ccccc2CCCC1CCc1ccccn1. The zero-order valence-electron chi connectivity index (χ0n) is 11.6. The monoisotopic (exact) mass is 265 g/mol. The molecule has 0 saturated heterocycles. The molecule has 0 N–H and O–H groups in total. The molecule has 0 spiro atoms. The van der Waals surface area contributed by atoms with E-state index in [0.717, 1.165) is 43.4 Å². The van der Waals surface area contributed by atoms with E-state index in [0.29, 0.717) is 5.78 Å². The number of carbonyl (C=O) groups excluding carboxylic acids is 1. The molecule has 1 heterocycles. The predicted octanol–water partition coefficient (Wildman–Crippen LogP) is 3.85. The predicted molar refractivity (Wildman–Crippen MR) is 79.8 cm³/mol. The minimum absolute atomic E-state index is 0.153. The molecule has 1 aromatic heterocycles. The van der Waals surface area contributed by atoms with E-state index in [2.05, 4.69) is 11.1 Å². The number of carbonyl (C=O) groups is 1. The molecule has 0 fully saturated rings. The van der Waals surface area contributed by atoms with Crippen molar-refractivity contribution >= 4 is 5.78 Å². The van der Waals surface area contributed by atoms with Crippen LogP contribution in [0.15, 0.2) is 48.7 Å². The molecular weight excluding hydrogens is 246 g/mol. The van der Waals surface area contributed by atoms with E-state index in [-0.39, 0.29) is 5.92 Å². The van der Waals surface area contributed by atoms with Crippen molar-refractivity contribution in [2.24, 2.45) is 5.92 Å². The molecule has 2 aromatic rings. The van der Waals surface area contributed by atoms with Crippen molar-refractivity contribution < 1.29 is 4.79 Å². The van der Waals surface area contributed by atoms with Crippen molar-refractivity contribution in [3.63, 3.8) is 0 Å². The topological polar surface area (TPSA) is 30.0 Å². The largest absolute Gasteiger partial charge is 0.294 e. The lowest BCUT2D eigenvalue weighted by Crippen LogP contribution is -2.15. The van der Waals surface area contributed by atoms with Gasteiger partial charge in [-0.2, -0.15) is 0 Å². The molecule has 2 nitrogen and oxygen atoms in total. The summed E-state index contributed by atoms with van der Waals surface area (Å²) in [5.41, 5.74) is 3.24. The lowest BCUT2D eigenvalue weighted by Gasteiger charge is -2.13. The van der Waals surface area contributed by atoms with Gasteiger partial charge in [-0.25, -0.2) is 0 Å². The second-order valence-electron chi connectivity index (χ2n) is 5.47. The van der Waals surface area contributed by atoms with Gasteiger partial charge in [-0.1, -0.05) is 30.3 Å². The molecule has 102 valence electrons. The maximum absolute atomic E-state index is 12.6. The molecule has 2 heteroatoms. The van der Waals surface area contributed by atoms with E-state index in [9.17, 15) is 4.79 Å². The molecule has 1 aliphatic carbocycles. The summed E-state index contributed by atoms with van der Waals surface area (Å²) in [6, 6.07) is 14.0. The third-order valence-electron chi connectivity index (χ3n) is 4.13. The highest BCUT2D eigenvalue weighted by Gasteiger charge is 2.24. The summed E-state index contributed by atoms with van der Waals surface area (Å²) in [5.74, 6) is 0.481. The number of ketones is 1. The Morgan fingerprint density at radius 3 is 2.80 bits per heavy atom. The molecule has 1 aliphatic rings. The lowest BCUT2D eigenvalue weighted by molar-refractivity contribution is 0.0909. The fraction of sp³-hybridized carbons (Fsp3) is 0.333. The van der Waals surface area contributed by atoms with E-state index < -0.39 is 0 Å². The van der Waals surface area contributed by atoms with Gasteiger partial charge in [0.05, 0.1) is 0 Å². The lowest BCUT2D eigenvalue weighted by atomic mass is 9.90. The van der Waals surface area contributed by atoms with Gasteiger partial charge in [0.15, 0.2) is 5.78 Å². The van der Waals surface area contributed by atoms with E-state index >= 15 is 0 Å². The Morgan fingerprint density at radius 2 is 1.95 bits per heavy atom. The highest BCUT2D eigenvalue weighted by atomic mass is 16.1. The summed E-state index contributed by atoms with van der Waals surface area (Å²) >= 11 is 0. The number of aromatic nitrogens is 1. The highest BCUT2D eigenvalue weighted by Crippen LogP contribution is 2.27. The van der Waals surface area contributed by atoms with Crippen LogP contribution in [0.25, 0.3) is 0 Å². The molecular formula is C18H19NO. The van der Waals surface area contributed by atoms with Crippen LogP contribution in [0.4, 0.5) is 0 Å². The highest BCUT2D eigenvalue weighted by molar-refractivity contribution is 5.99. The fourth-order valence-electron chi connectivity index (χ4n) is 3.01. The zero-order valence-corrected chi connectivity index (χ0v) is 11.6. The molecule has 0 saturated carbocycles. The van der Waals surface area contributed by atoms with Crippen LogP contribution in [0, 0.1) is 5.92 Å². The maximum Gasteiger partial charge on any atom is 0.166 e. The first kappa shape index (κ1) is 13.0. The second-order valence-corrected chi connectivity index (χ2v) is 5.47. The normalized spacial score (nSPS) is 18.4. The summed E-state index contributed by atoms with van der Waals surface area (Å²) in [7, 11) is 0. The van der Waals surface area contributed by atoms with Crippen LogP contribution in [0.3, 0.4) is 0 Å². The second kappa shape index (κ2) is 6.00. The Balaban J connectivity index is 1.73. The van der Waals surface area contributed by atoms with Crippen LogP contribution < -0.4 is 0 Å². The van der Waals surface area contributed by atoms with E-state index in [4.69, 9.17) is 0 Å². The Labute approximate surface area is 119 Å². The maximum atomic E-state index is 12.6. The number of hydrogen-bond acceptors (Lipinski definition) is 2. The van der Waals surface area contributed by atoms with Gasteiger partial charge in [-0.3, -0.25) is 9.78 Å². The minimum Gasteiger partial charge on any atom is -0.294 e. The zero-order chi connectivity index (χ0) is 13.8. The van der Waals surface area contributed by atoms with Gasteiger partial charge in [0, 0.05) is 23.4 Å². The van der Waals surface area contributed by atoms with Crippen LogP contribution in [0.5, 0.6) is 0 Å². The van der Waals surface area contributed by atoms with E-state index in [1.54, 1.807) is 0 Å². The molecule has 3 rings (SSSR count). The third-order valence-corrected chi connectivity index (χ3v) is 4.13. The molecule has 1 unspecified atom stereocenters. The van der Waals surface area contributed by atoms with Crippen LogP contribution in [-0.4, -0.2) is 10.8 Å². The average Bonchev–Trinajstić information content (AvgIpc) is 2.66. The number of nitrogens with zero attached hydrogens (tertiary/aromatic N) is 1. The smallest absolute Gasteiger partial charge is 0.166 e. The third kappa shape index (κ3) is 2.79. The van der Waals surface area contributed by atoms with Crippen LogP contribution in [0.1, 0.15) is 40.9 Å². The number of hydrogen-bond donors (Lipinski definition) is 0. The van der Waals surface area contributed by atoms with Gasteiger partial charge in [-0.15, -0.1) is 0 Å². The van der Waals surface area contributed by atoms with Gasteiger partial charge < -0.3 is 0 Å². The van der Waals surface area contributed by atoms with Crippen molar-refractivity contribution in [3.05, 3.63) is 65.5 Å². The Hall–Kier alpha value is -1.96. The summed E-state index contributed by atoms with van der Waals surface area (Å²) < 4.78 is 0. The first-order chi connectivity index (χ1) is 9.84. The first-order valence-electron chi connectivity index (χ1n) is 7.36. The van der Waals surface area contributed by atoms with Crippen LogP contribution in [-0.2, 0) is 12.8 Å². The molecule has 0 bridgehead atoms. The van der Waals surface area contributed by atoms with Crippen molar-refractivity contribution in [2.75, 3.05) is 0 Å². The van der Waals surface area contributed by atoms with Crippen LogP contribution >= 0.6 is 0 Å². The first-order valence-corrected chi connectivity index (χ1v) is 7.36. The van der Waals surface area contributed by atoms with E-state index in [1.807, 2.05) is 42.6 Å². The van der Waals surface area contributed by atoms with Gasteiger partial charge in [-0.05, 0) is 49.8 Å².